The lowest BCUT2D eigenvalue weighted by Gasteiger charge is -2.12. The van der Waals surface area contributed by atoms with Crippen LogP contribution in [0.2, 0.25) is 0 Å². The van der Waals surface area contributed by atoms with E-state index in [9.17, 15) is 0 Å². The van der Waals surface area contributed by atoms with Crippen molar-refractivity contribution in [3.63, 3.8) is 0 Å². The molecule has 4 rings (SSSR count). The van der Waals surface area contributed by atoms with Gasteiger partial charge in [0.2, 0.25) is 0 Å². The van der Waals surface area contributed by atoms with E-state index in [1.807, 2.05) is 43.3 Å². The van der Waals surface area contributed by atoms with Gasteiger partial charge in [-0.25, -0.2) is 15.1 Å². The van der Waals surface area contributed by atoms with Crippen LogP contribution < -0.4 is 11.2 Å². The zero-order chi connectivity index (χ0) is 20.2. The lowest BCUT2D eigenvalue weighted by molar-refractivity contribution is 0.0718. The van der Waals surface area contributed by atoms with Gasteiger partial charge in [-0.05, 0) is 58.2 Å². The van der Waals surface area contributed by atoms with E-state index in [-0.39, 0.29) is 5.82 Å². The smallest absolute Gasteiger partial charge is 0.199 e. The number of nitrogens with zero attached hydrogens (tertiary/aromatic N) is 3. The number of nitrogens with one attached hydrogen (secondary N) is 1. The van der Waals surface area contributed by atoms with Crippen molar-refractivity contribution < 1.29 is 9.47 Å². The molecule has 3 N–H and O–H groups in total. The lowest BCUT2D eigenvalue weighted by atomic mass is 10.0. The molecule has 0 saturated heterocycles. The minimum absolute atomic E-state index is 0.133. The van der Waals surface area contributed by atoms with E-state index < -0.39 is 0 Å². The molecule has 146 valence electrons. The van der Waals surface area contributed by atoms with Gasteiger partial charge in [-0.15, -0.1) is 0 Å². The van der Waals surface area contributed by atoms with E-state index >= 15 is 0 Å². The molecule has 0 fully saturated rings. The standard InChI is InChI=1S/C22H21N5O2/c1-14-7-11-17(12-8-14)24-22(20-21(23)26-29-25-20)27-28-13-19-15(2)9-10-16-5-3-4-6-18(16)19/h3-12H,13H2,1-2H3,(H2,23,26)(H,24,27). The molecule has 0 saturated carbocycles. The van der Waals surface area contributed by atoms with Crippen LogP contribution in [0, 0.1) is 13.8 Å². The second-order valence-corrected chi connectivity index (χ2v) is 6.77. The van der Waals surface area contributed by atoms with Crippen LogP contribution in [-0.4, -0.2) is 16.1 Å². The molecule has 1 aromatic heterocycles. The number of aliphatic imine (C=N–C) groups is 1. The maximum Gasteiger partial charge on any atom is 0.199 e. The Kier molecular flexibility index (Phi) is 5.22. The summed E-state index contributed by atoms with van der Waals surface area (Å²) in [5, 5.41) is 9.78. The number of hydrogen-bond acceptors (Lipinski definition) is 6. The highest BCUT2D eigenvalue weighted by molar-refractivity contribution is 6.01. The molecule has 0 unspecified atom stereocenters. The number of anilines is 1. The lowest BCUT2D eigenvalue weighted by Crippen LogP contribution is -2.26. The Morgan fingerprint density at radius 2 is 1.83 bits per heavy atom. The summed E-state index contributed by atoms with van der Waals surface area (Å²) in [6.07, 6.45) is 0. The van der Waals surface area contributed by atoms with Gasteiger partial charge in [0.25, 0.3) is 0 Å². The highest BCUT2D eigenvalue weighted by Gasteiger charge is 2.15. The van der Waals surface area contributed by atoms with Crippen LogP contribution in [0.5, 0.6) is 0 Å². The topological polar surface area (TPSA) is 98.6 Å². The number of nitrogen functional groups attached to an aromatic ring is 1. The zero-order valence-corrected chi connectivity index (χ0v) is 16.2. The molecule has 29 heavy (non-hydrogen) atoms. The normalized spacial score (nSPS) is 11.7. The molecule has 0 bridgehead atoms. The van der Waals surface area contributed by atoms with Crippen LogP contribution >= 0.6 is 0 Å². The van der Waals surface area contributed by atoms with Crippen LogP contribution in [-0.2, 0) is 11.4 Å². The molecule has 0 radical (unpaired) electrons. The minimum Gasteiger partial charge on any atom is -0.379 e. The van der Waals surface area contributed by atoms with Crippen molar-refractivity contribution in [2.75, 3.05) is 5.73 Å². The third kappa shape index (κ3) is 4.09. The molecule has 7 heteroatoms. The largest absolute Gasteiger partial charge is 0.379 e. The van der Waals surface area contributed by atoms with Crippen molar-refractivity contribution in [1.29, 1.82) is 0 Å². The van der Waals surface area contributed by atoms with Gasteiger partial charge in [0, 0.05) is 0 Å². The Balaban J connectivity index is 1.59. The third-order valence-corrected chi connectivity index (χ3v) is 4.67. The zero-order valence-electron chi connectivity index (χ0n) is 16.2. The Labute approximate surface area is 168 Å². The van der Waals surface area contributed by atoms with E-state index in [0.717, 1.165) is 33.2 Å². The number of benzene rings is 3. The third-order valence-electron chi connectivity index (χ3n) is 4.67. The highest BCUT2D eigenvalue weighted by Crippen LogP contribution is 2.23. The number of amidine groups is 1. The maximum absolute atomic E-state index is 5.86. The average molecular weight is 387 g/mol. The van der Waals surface area contributed by atoms with Crippen LogP contribution in [0.25, 0.3) is 10.8 Å². The van der Waals surface area contributed by atoms with Crippen molar-refractivity contribution in [3.05, 3.63) is 83.0 Å². The van der Waals surface area contributed by atoms with Crippen molar-refractivity contribution in [1.82, 2.24) is 15.8 Å². The molecule has 1 heterocycles. The Bertz CT molecular complexity index is 1170. The number of rotatable bonds is 5. The molecule has 0 aliphatic rings. The molecule has 0 atom stereocenters. The fourth-order valence-corrected chi connectivity index (χ4v) is 3.05. The van der Waals surface area contributed by atoms with E-state index in [1.165, 1.54) is 0 Å². The van der Waals surface area contributed by atoms with Crippen LogP contribution in [0.4, 0.5) is 11.5 Å². The Hall–Kier alpha value is -3.71. The molecular weight excluding hydrogens is 366 g/mol. The molecule has 0 spiro atoms. The van der Waals surface area contributed by atoms with Gasteiger partial charge in [-0.2, -0.15) is 0 Å². The summed E-state index contributed by atoms with van der Waals surface area (Å²) in [6, 6.07) is 20.1. The van der Waals surface area contributed by atoms with E-state index in [1.54, 1.807) is 0 Å². The van der Waals surface area contributed by atoms with Gasteiger partial charge in [0.05, 0.1) is 5.69 Å². The molecule has 7 nitrogen and oxygen atoms in total. The minimum atomic E-state index is 0.133. The van der Waals surface area contributed by atoms with Crippen molar-refractivity contribution in [2.45, 2.75) is 20.5 Å². The quantitative estimate of drug-likeness (QED) is 0.302. The molecule has 0 aliphatic carbocycles. The molecule has 3 aromatic carbocycles. The van der Waals surface area contributed by atoms with Gasteiger partial charge < -0.3 is 5.73 Å². The van der Waals surface area contributed by atoms with Gasteiger partial charge in [-0.1, -0.05) is 54.1 Å². The monoisotopic (exact) mass is 387 g/mol. The van der Waals surface area contributed by atoms with Gasteiger partial charge in [0.15, 0.2) is 17.3 Å². The van der Waals surface area contributed by atoms with E-state index in [4.69, 9.17) is 15.2 Å². The Morgan fingerprint density at radius 3 is 2.59 bits per heavy atom. The first-order valence-electron chi connectivity index (χ1n) is 9.20. The summed E-state index contributed by atoms with van der Waals surface area (Å²) in [6.45, 7) is 4.42. The number of hydroxylamine groups is 1. The fourth-order valence-electron chi connectivity index (χ4n) is 3.05. The number of hydrogen-bond donors (Lipinski definition) is 2. The molecule has 4 aromatic rings. The van der Waals surface area contributed by atoms with E-state index in [2.05, 4.69) is 52.0 Å². The molecule has 0 amide bonds. The number of nitrogens with two attached hydrogens (primary N) is 1. The Morgan fingerprint density at radius 1 is 1.03 bits per heavy atom. The highest BCUT2D eigenvalue weighted by atomic mass is 16.6. The van der Waals surface area contributed by atoms with Crippen molar-refractivity contribution in [3.8, 4) is 0 Å². The summed E-state index contributed by atoms with van der Waals surface area (Å²) in [5.74, 6) is 0.457. The summed E-state index contributed by atoms with van der Waals surface area (Å²) in [7, 11) is 0. The summed E-state index contributed by atoms with van der Waals surface area (Å²) in [5.41, 5.74) is 13.1. The average Bonchev–Trinajstić information content (AvgIpc) is 3.16. The maximum atomic E-state index is 5.86. The van der Waals surface area contributed by atoms with Crippen LogP contribution in [0.1, 0.15) is 22.4 Å². The number of aryl methyl sites for hydroxylation is 2. The second kappa shape index (κ2) is 8.12. The van der Waals surface area contributed by atoms with Gasteiger partial charge in [-0.3, -0.25) is 4.84 Å². The molecule has 0 aliphatic heterocycles. The predicted molar refractivity (Wildman–Crippen MR) is 113 cm³/mol. The SMILES string of the molecule is Cc1ccc(N=C(NOCc2c(C)ccc3ccccc23)c2nonc2N)cc1. The van der Waals surface area contributed by atoms with Crippen molar-refractivity contribution in [2.24, 2.45) is 4.99 Å². The van der Waals surface area contributed by atoms with E-state index in [0.29, 0.717) is 18.1 Å². The first-order chi connectivity index (χ1) is 14.1. The first kappa shape index (κ1) is 18.6. The molecular formula is C22H21N5O2. The summed E-state index contributed by atoms with van der Waals surface area (Å²) < 4.78 is 4.72. The number of aromatic nitrogens is 2. The van der Waals surface area contributed by atoms with Gasteiger partial charge in [0.1, 0.15) is 6.61 Å². The summed E-state index contributed by atoms with van der Waals surface area (Å²) in [4.78, 5) is 10.4. The fraction of sp³-hybridized carbons (Fsp3) is 0.136. The second-order valence-electron chi connectivity index (χ2n) is 6.77. The summed E-state index contributed by atoms with van der Waals surface area (Å²) >= 11 is 0. The van der Waals surface area contributed by atoms with Crippen LogP contribution in [0.15, 0.2) is 70.3 Å². The van der Waals surface area contributed by atoms with Gasteiger partial charge >= 0.3 is 0 Å². The predicted octanol–water partition coefficient (Wildman–Crippen LogP) is 4.22. The van der Waals surface area contributed by atoms with Crippen LogP contribution in [0.3, 0.4) is 0 Å². The number of fused-ring (bicyclic) bond motifs is 1. The van der Waals surface area contributed by atoms with Crippen molar-refractivity contribution >= 4 is 28.1 Å². The first-order valence-corrected chi connectivity index (χ1v) is 9.20.